The number of halogens is 2. The van der Waals surface area contributed by atoms with Crippen LogP contribution in [0.4, 0.5) is 5.69 Å². The second-order valence-electron chi connectivity index (χ2n) is 4.64. The summed E-state index contributed by atoms with van der Waals surface area (Å²) in [6, 6.07) is 8.63. The van der Waals surface area contributed by atoms with Gasteiger partial charge in [0.1, 0.15) is 17.1 Å². The van der Waals surface area contributed by atoms with E-state index in [2.05, 4.69) is 5.32 Å². The quantitative estimate of drug-likeness (QED) is 0.787. The van der Waals surface area contributed by atoms with Gasteiger partial charge in [0.15, 0.2) is 6.61 Å². The molecule has 0 saturated carbocycles. The molecule has 0 fully saturated rings. The Labute approximate surface area is 147 Å². The van der Waals surface area contributed by atoms with Crippen molar-refractivity contribution >= 4 is 40.8 Å². The second-order valence-corrected chi connectivity index (χ2v) is 5.48. The number of hydrogen-bond donors (Lipinski definition) is 2. The molecular weight excluding hydrogens is 357 g/mol. The maximum absolute atomic E-state index is 11.8. The molecule has 0 aliphatic heterocycles. The summed E-state index contributed by atoms with van der Waals surface area (Å²) in [7, 11) is 1.48. The number of benzene rings is 2. The van der Waals surface area contributed by atoms with Crippen LogP contribution in [0, 0.1) is 0 Å². The highest BCUT2D eigenvalue weighted by atomic mass is 35.5. The van der Waals surface area contributed by atoms with Crippen LogP contribution >= 0.6 is 23.2 Å². The molecule has 0 bridgehead atoms. The fourth-order valence-electron chi connectivity index (χ4n) is 1.83. The van der Waals surface area contributed by atoms with Crippen LogP contribution in [0.25, 0.3) is 0 Å². The maximum Gasteiger partial charge on any atom is 0.342 e. The summed E-state index contributed by atoms with van der Waals surface area (Å²) in [5.41, 5.74) is 0.343. The van der Waals surface area contributed by atoms with Crippen molar-refractivity contribution in [2.24, 2.45) is 0 Å². The lowest BCUT2D eigenvalue weighted by molar-refractivity contribution is -0.119. The van der Waals surface area contributed by atoms with E-state index in [1.54, 1.807) is 12.1 Å². The van der Waals surface area contributed by atoms with Crippen LogP contribution in [-0.2, 0) is 9.53 Å². The standard InChI is InChI=1S/C16H13Cl2NO5/c1-23-14-5-3-10(7-12(14)18)19-15(21)8-24-16(22)11-4-2-9(17)6-13(11)20/h2-7,20H,8H2,1H3,(H,19,21). The summed E-state index contributed by atoms with van der Waals surface area (Å²) in [5.74, 6) is -1.25. The van der Waals surface area contributed by atoms with Gasteiger partial charge in [-0.2, -0.15) is 0 Å². The zero-order chi connectivity index (χ0) is 17.7. The molecule has 24 heavy (non-hydrogen) atoms. The summed E-state index contributed by atoms with van der Waals surface area (Å²) in [5, 5.41) is 12.8. The van der Waals surface area contributed by atoms with Crippen LogP contribution in [-0.4, -0.2) is 30.7 Å². The van der Waals surface area contributed by atoms with Crippen LogP contribution in [0.3, 0.4) is 0 Å². The Balaban J connectivity index is 1.93. The monoisotopic (exact) mass is 369 g/mol. The second kappa shape index (κ2) is 7.90. The van der Waals surface area contributed by atoms with Gasteiger partial charge in [0.25, 0.3) is 5.91 Å². The van der Waals surface area contributed by atoms with E-state index in [-0.39, 0.29) is 16.3 Å². The van der Waals surface area contributed by atoms with Crippen molar-refractivity contribution in [3.05, 3.63) is 52.0 Å². The molecule has 6 nitrogen and oxygen atoms in total. The van der Waals surface area contributed by atoms with Gasteiger partial charge in [-0.05, 0) is 36.4 Å². The highest BCUT2D eigenvalue weighted by Gasteiger charge is 2.15. The Bertz CT molecular complexity index is 779. The number of phenolic OH excluding ortho intramolecular Hbond substituents is 1. The first-order chi connectivity index (χ1) is 11.4. The molecule has 1 amide bonds. The third-order valence-corrected chi connectivity index (χ3v) is 3.48. The molecule has 8 heteroatoms. The van der Waals surface area contributed by atoms with Gasteiger partial charge in [0.05, 0.1) is 12.1 Å². The third kappa shape index (κ3) is 4.53. The number of aromatic hydroxyl groups is 1. The number of methoxy groups -OCH3 is 1. The van der Waals surface area contributed by atoms with Crippen LogP contribution in [0.5, 0.6) is 11.5 Å². The number of carbonyl (C=O) groups is 2. The third-order valence-electron chi connectivity index (χ3n) is 2.95. The Kier molecular flexibility index (Phi) is 5.89. The molecule has 126 valence electrons. The molecule has 0 aliphatic rings. The summed E-state index contributed by atoms with van der Waals surface area (Å²) in [6.45, 7) is -0.523. The van der Waals surface area contributed by atoms with Crippen LogP contribution in [0.1, 0.15) is 10.4 Å². The first-order valence-corrected chi connectivity index (χ1v) is 7.45. The topological polar surface area (TPSA) is 84.9 Å². The van der Waals surface area contributed by atoms with Crippen LogP contribution in [0.15, 0.2) is 36.4 Å². The number of hydrogen-bond acceptors (Lipinski definition) is 5. The Morgan fingerprint density at radius 1 is 1.17 bits per heavy atom. The summed E-state index contributed by atoms with van der Waals surface area (Å²) < 4.78 is 9.85. The Hall–Kier alpha value is -2.44. The molecule has 0 aliphatic carbocycles. The molecular formula is C16H13Cl2NO5. The number of ether oxygens (including phenoxy) is 2. The van der Waals surface area contributed by atoms with Crippen molar-refractivity contribution in [1.29, 1.82) is 0 Å². The number of esters is 1. The highest BCUT2D eigenvalue weighted by Crippen LogP contribution is 2.27. The van der Waals surface area contributed by atoms with E-state index in [4.69, 9.17) is 32.7 Å². The van der Waals surface area contributed by atoms with E-state index >= 15 is 0 Å². The highest BCUT2D eigenvalue weighted by molar-refractivity contribution is 6.32. The van der Waals surface area contributed by atoms with Gasteiger partial charge in [-0.3, -0.25) is 4.79 Å². The fourth-order valence-corrected chi connectivity index (χ4v) is 2.25. The average Bonchev–Trinajstić information content (AvgIpc) is 2.53. The molecule has 0 aromatic heterocycles. The molecule has 0 heterocycles. The van der Waals surface area contributed by atoms with Gasteiger partial charge in [0, 0.05) is 10.7 Å². The summed E-state index contributed by atoms with van der Waals surface area (Å²) in [6.07, 6.45) is 0. The molecule has 2 aromatic carbocycles. The molecule has 0 spiro atoms. The molecule has 0 saturated heterocycles. The van der Waals surface area contributed by atoms with E-state index in [9.17, 15) is 14.7 Å². The lowest BCUT2D eigenvalue weighted by Gasteiger charge is -2.09. The van der Waals surface area contributed by atoms with E-state index < -0.39 is 18.5 Å². The van der Waals surface area contributed by atoms with E-state index in [0.717, 1.165) is 0 Å². The van der Waals surface area contributed by atoms with Crippen molar-refractivity contribution in [3.63, 3.8) is 0 Å². The van der Waals surface area contributed by atoms with E-state index in [1.807, 2.05) is 0 Å². The van der Waals surface area contributed by atoms with Crippen molar-refractivity contribution in [2.45, 2.75) is 0 Å². The van der Waals surface area contributed by atoms with Gasteiger partial charge in [-0.15, -0.1) is 0 Å². The first kappa shape index (κ1) is 17.9. The number of nitrogens with one attached hydrogen (secondary N) is 1. The number of phenols is 1. The Morgan fingerprint density at radius 3 is 2.54 bits per heavy atom. The molecule has 0 unspecified atom stereocenters. The molecule has 0 radical (unpaired) electrons. The van der Waals surface area contributed by atoms with Crippen LogP contribution in [0.2, 0.25) is 10.0 Å². The van der Waals surface area contributed by atoms with Gasteiger partial charge >= 0.3 is 5.97 Å². The predicted octanol–water partition coefficient (Wildman–Crippen LogP) is 3.50. The van der Waals surface area contributed by atoms with E-state index in [0.29, 0.717) is 16.5 Å². The zero-order valence-electron chi connectivity index (χ0n) is 12.5. The number of rotatable bonds is 5. The normalized spacial score (nSPS) is 10.1. The summed E-state index contributed by atoms with van der Waals surface area (Å²) in [4.78, 5) is 23.6. The van der Waals surface area contributed by atoms with Gasteiger partial charge in [-0.25, -0.2) is 4.79 Å². The van der Waals surface area contributed by atoms with Crippen molar-refractivity contribution in [3.8, 4) is 11.5 Å². The Morgan fingerprint density at radius 2 is 1.92 bits per heavy atom. The lowest BCUT2D eigenvalue weighted by Crippen LogP contribution is -2.21. The fraction of sp³-hybridized carbons (Fsp3) is 0.125. The van der Waals surface area contributed by atoms with Crippen molar-refractivity contribution in [1.82, 2.24) is 0 Å². The summed E-state index contributed by atoms with van der Waals surface area (Å²) >= 11 is 11.6. The molecule has 2 rings (SSSR count). The predicted molar refractivity (Wildman–Crippen MR) is 90.0 cm³/mol. The van der Waals surface area contributed by atoms with E-state index in [1.165, 1.54) is 31.4 Å². The van der Waals surface area contributed by atoms with Gasteiger partial charge < -0.3 is 19.9 Å². The minimum absolute atomic E-state index is 0.0836. The smallest absolute Gasteiger partial charge is 0.342 e. The van der Waals surface area contributed by atoms with Gasteiger partial charge in [0.2, 0.25) is 0 Å². The van der Waals surface area contributed by atoms with Crippen molar-refractivity contribution < 1.29 is 24.2 Å². The average molecular weight is 370 g/mol. The SMILES string of the molecule is COc1ccc(NC(=O)COC(=O)c2ccc(Cl)cc2O)cc1Cl. The largest absolute Gasteiger partial charge is 0.507 e. The molecule has 0 atom stereocenters. The molecule has 2 N–H and O–H groups in total. The van der Waals surface area contributed by atoms with Crippen LogP contribution < -0.4 is 10.1 Å². The minimum atomic E-state index is -0.841. The minimum Gasteiger partial charge on any atom is -0.507 e. The molecule has 2 aromatic rings. The zero-order valence-corrected chi connectivity index (χ0v) is 14.0. The number of amides is 1. The maximum atomic E-state index is 11.8. The van der Waals surface area contributed by atoms with Crippen molar-refractivity contribution in [2.75, 3.05) is 19.0 Å². The number of carbonyl (C=O) groups excluding carboxylic acids is 2. The number of anilines is 1. The lowest BCUT2D eigenvalue weighted by atomic mass is 10.2. The first-order valence-electron chi connectivity index (χ1n) is 6.69. The van der Waals surface area contributed by atoms with Gasteiger partial charge in [-0.1, -0.05) is 23.2 Å².